The van der Waals surface area contributed by atoms with E-state index in [1.54, 1.807) is 0 Å². The molecule has 0 atom stereocenters. The topological polar surface area (TPSA) is 36.9 Å². The molecule has 1 N–H and O–H groups in total. The van der Waals surface area contributed by atoms with Gasteiger partial charge >= 0.3 is 0 Å². The van der Waals surface area contributed by atoms with Crippen molar-refractivity contribution in [1.82, 2.24) is 19.4 Å². The monoisotopic (exact) mass is 276 g/mol. The van der Waals surface area contributed by atoms with Crippen molar-refractivity contribution in [1.29, 1.82) is 0 Å². The van der Waals surface area contributed by atoms with Crippen LogP contribution in [0.1, 0.15) is 24.8 Å². The number of fused-ring (bicyclic) bond motifs is 1. The molecular formula is C14H20N4S. The molecule has 0 unspecified atom stereocenters. The summed E-state index contributed by atoms with van der Waals surface area (Å²) in [6, 6.07) is 2.02. The van der Waals surface area contributed by atoms with Gasteiger partial charge < -0.3 is 9.88 Å². The van der Waals surface area contributed by atoms with E-state index in [0.717, 1.165) is 22.5 Å². The molecule has 5 heteroatoms. The zero-order chi connectivity index (χ0) is 13.6. The van der Waals surface area contributed by atoms with Gasteiger partial charge in [-0.15, -0.1) is 0 Å². The van der Waals surface area contributed by atoms with Gasteiger partial charge in [0.2, 0.25) is 0 Å². The zero-order valence-corrected chi connectivity index (χ0v) is 12.5. The highest BCUT2D eigenvalue weighted by atomic mass is 32.1. The average molecular weight is 276 g/mol. The standard InChI is InChI=1S/C14H20N4S/c1-10-5-8-15-12-11(10)16-13(19)18(12)9-14(17(2)3)6-4-7-14/h5,8H,4,6-7,9H2,1-3H3,(H,16,19). The minimum Gasteiger partial charge on any atom is -0.329 e. The Morgan fingerprint density at radius 1 is 1.47 bits per heavy atom. The van der Waals surface area contributed by atoms with Crippen LogP contribution in [0, 0.1) is 11.7 Å². The lowest BCUT2D eigenvalue weighted by atomic mass is 9.75. The molecule has 0 aromatic carbocycles. The summed E-state index contributed by atoms with van der Waals surface area (Å²) < 4.78 is 2.95. The predicted octanol–water partition coefficient (Wildman–Crippen LogP) is 2.89. The molecule has 102 valence electrons. The van der Waals surface area contributed by atoms with E-state index in [1.807, 2.05) is 12.3 Å². The summed E-state index contributed by atoms with van der Waals surface area (Å²) in [5, 5.41) is 0. The Morgan fingerprint density at radius 2 is 2.21 bits per heavy atom. The third-order valence-corrected chi connectivity index (χ3v) is 4.88. The lowest BCUT2D eigenvalue weighted by Gasteiger charge is -2.47. The second-order valence-corrected chi connectivity index (χ2v) is 6.20. The van der Waals surface area contributed by atoms with Gasteiger partial charge in [0.15, 0.2) is 10.4 Å². The van der Waals surface area contributed by atoms with Crippen molar-refractivity contribution >= 4 is 23.4 Å². The second kappa shape index (κ2) is 4.42. The first-order valence-electron chi connectivity index (χ1n) is 6.75. The number of hydrogen-bond donors (Lipinski definition) is 1. The van der Waals surface area contributed by atoms with Crippen LogP contribution in [0.3, 0.4) is 0 Å². The van der Waals surface area contributed by atoms with Crippen LogP contribution in [0.25, 0.3) is 11.2 Å². The molecular weight excluding hydrogens is 256 g/mol. The van der Waals surface area contributed by atoms with E-state index < -0.39 is 0 Å². The van der Waals surface area contributed by atoms with Gasteiger partial charge in [-0.3, -0.25) is 4.57 Å². The maximum atomic E-state index is 5.49. The summed E-state index contributed by atoms with van der Waals surface area (Å²) in [6.07, 6.45) is 5.64. The van der Waals surface area contributed by atoms with Crippen molar-refractivity contribution in [3.05, 3.63) is 22.6 Å². The van der Waals surface area contributed by atoms with Crippen LogP contribution in [-0.4, -0.2) is 39.1 Å². The molecule has 0 radical (unpaired) electrons. The number of rotatable bonds is 3. The number of aryl methyl sites for hydroxylation is 1. The molecule has 2 aromatic rings. The van der Waals surface area contributed by atoms with Crippen LogP contribution in [0.5, 0.6) is 0 Å². The third kappa shape index (κ3) is 1.92. The number of nitrogens with zero attached hydrogens (tertiary/aromatic N) is 3. The third-order valence-electron chi connectivity index (χ3n) is 4.56. The van der Waals surface area contributed by atoms with Crippen molar-refractivity contribution in [2.75, 3.05) is 14.1 Å². The van der Waals surface area contributed by atoms with Crippen molar-refractivity contribution in [2.45, 2.75) is 38.3 Å². The van der Waals surface area contributed by atoms with E-state index >= 15 is 0 Å². The molecule has 0 spiro atoms. The predicted molar refractivity (Wildman–Crippen MR) is 79.9 cm³/mol. The summed E-state index contributed by atoms with van der Waals surface area (Å²) in [4.78, 5) is 10.2. The molecule has 1 aliphatic carbocycles. The molecule has 2 heterocycles. The van der Waals surface area contributed by atoms with Crippen LogP contribution < -0.4 is 0 Å². The molecule has 0 aliphatic heterocycles. The van der Waals surface area contributed by atoms with Crippen LogP contribution >= 0.6 is 12.2 Å². The first kappa shape index (κ1) is 12.8. The lowest BCUT2D eigenvalue weighted by Crippen LogP contribution is -2.53. The number of likely N-dealkylation sites (N-methyl/N-ethyl adjacent to an activating group) is 1. The molecule has 1 saturated carbocycles. The van der Waals surface area contributed by atoms with Crippen molar-refractivity contribution in [3.8, 4) is 0 Å². The highest BCUT2D eigenvalue weighted by Gasteiger charge is 2.39. The number of imidazole rings is 1. The Labute approximate surface area is 118 Å². The van der Waals surface area contributed by atoms with E-state index in [4.69, 9.17) is 12.2 Å². The Bertz CT molecular complexity index is 664. The summed E-state index contributed by atoms with van der Waals surface area (Å²) in [7, 11) is 4.33. The van der Waals surface area contributed by atoms with Gasteiger partial charge in [-0.25, -0.2) is 4.98 Å². The van der Waals surface area contributed by atoms with Crippen molar-refractivity contribution in [3.63, 3.8) is 0 Å². The molecule has 19 heavy (non-hydrogen) atoms. The Hall–Kier alpha value is -1.20. The normalized spacial score (nSPS) is 17.9. The number of hydrogen-bond acceptors (Lipinski definition) is 3. The Morgan fingerprint density at radius 3 is 2.79 bits per heavy atom. The molecule has 2 aromatic heterocycles. The molecule has 0 saturated heterocycles. The fourth-order valence-electron chi connectivity index (χ4n) is 2.95. The van der Waals surface area contributed by atoms with Gasteiger partial charge in [-0.2, -0.15) is 0 Å². The Balaban J connectivity index is 2.08. The van der Waals surface area contributed by atoms with Gasteiger partial charge in [0, 0.05) is 18.3 Å². The van der Waals surface area contributed by atoms with Gasteiger partial charge in [0.25, 0.3) is 0 Å². The molecule has 3 rings (SSSR count). The molecule has 1 fully saturated rings. The summed E-state index contributed by atoms with van der Waals surface area (Å²) in [6.45, 7) is 3.01. The highest BCUT2D eigenvalue weighted by molar-refractivity contribution is 7.71. The Kier molecular flexibility index (Phi) is 2.98. The van der Waals surface area contributed by atoms with Gasteiger partial charge in [0.1, 0.15) is 0 Å². The first-order valence-corrected chi connectivity index (χ1v) is 7.16. The fraction of sp³-hybridized carbons (Fsp3) is 0.571. The second-order valence-electron chi connectivity index (χ2n) is 5.82. The highest BCUT2D eigenvalue weighted by Crippen LogP contribution is 2.38. The summed E-state index contributed by atoms with van der Waals surface area (Å²) in [5.74, 6) is 0. The van der Waals surface area contributed by atoms with Crippen molar-refractivity contribution < 1.29 is 0 Å². The number of aromatic nitrogens is 3. The number of pyridine rings is 1. The zero-order valence-electron chi connectivity index (χ0n) is 11.7. The van der Waals surface area contributed by atoms with E-state index in [2.05, 4.69) is 40.5 Å². The van der Waals surface area contributed by atoms with E-state index in [0.29, 0.717) is 0 Å². The van der Waals surface area contributed by atoms with Crippen LogP contribution in [0.4, 0.5) is 0 Å². The van der Waals surface area contributed by atoms with Gasteiger partial charge in [-0.05, 0) is 64.1 Å². The van der Waals surface area contributed by atoms with E-state index in [1.165, 1.54) is 24.8 Å². The number of nitrogens with one attached hydrogen (secondary N) is 1. The summed E-state index contributed by atoms with van der Waals surface area (Å²) in [5.41, 5.74) is 3.50. The van der Waals surface area contributed by atoms with Crippen LogP contribution in [0.2, 0.25) is 0 Å². The van der Waals surface area contributed by atoms with Gasteiger partial charge in [-0.1, -0.05) is 0 Å². The lowest BCUT2D eigenvalue weighted by molar-refractivity contribution is 0.0430. The fourth-order valence-corrected chi connectivity index (χ4v) is 3.20. The largest absolute Gasteiger partial charge is 0.329 e. The van der Waals surface area contributed by atoms with E-state index in [-0.39, 0.29) is 5.54 Å². The maximum absolute atomic E-state index is 5.49. The smallest absolute Gasteiger partial charge is 0.179 e. The molecule has 1 aliphatic rings. The molecule has 0 bridgehead atoms. The molecule has 0 amide bonds. The minimum atomic E-state index is 0.249. The molecule has 4 nitrogen and oxygen atoms in total. The van der Waals surface area contributed by atoms with Crippen LogP contribution in [-0.2, 0) is 6.54 Å². The minimum absolute atomic E-state index is 0.249. The first-order chi connectivity index (χ1) is 9.03. The van der Waals surface area contributed by atoms with Gasteiger partial charge in [0.05, 0.1) is 5.52 Å². The van der Waals surface area contributed by atoms with Crippen molar-refractivity contribution in [2.24, 2.45) is 0 Å². The number of aromatic amines is 1. The summed E-state index contributed by atoms with van der Waals surface area (Å²) >= 11 is 5.49. The maximum Gasteiger partial charge on any atom is 0.179 e. The average Bonchev–Trinajstić information content (AvgIpc) is 2.61. The van der Waals surface area contributed by atoms with Crippen LogP contribution in [0.15, 0.2) is 12.3 Å². The number of H-pyrrole nitrogens is 1. The quantitative estimate of drug-likeness (QED) is 0.876. The SMILES string of the molecule is Cc1ccnc2c1[nH]c(=S)n2CC1(N(C)C)CCC1. The van der Waals surface area contributed by atoms with E-state index in [9.17, 15) is 0 Å².